The molecule has 19 heavy (non-hydrogen) atoms. The van der Waals surface area contributed by atoms with Crippen LogP contribution in [0.15, 0.2) is 21.6 Å². The van der Waals surface area contributed by atoms with Crippen molar-refractivity contribution < 1.29 is 14.3 Å². The number of carbonyl (C=O) groups is 1. The monoisotopic (exact) mass is 388 g/mol. The molecule has 0 spiro atoms. The molecule has 0 saturated heterocycles. The molecular weight excluding hydrogens is 376 g/mol. The van der Waals surface area contributed by atoms with Gasteiger partial charge in [-0.3, -0.25) is 0 Å². The number of rotatable bonds is 5. The van der Waals surface area contributed by atoms with Crippen molar-refractivity contribution in [1.82, 2.24) is 0 Å². The standard InChI is InChI=1S/C14H14Br2O3/c1-2-3-4-8-18-10-7-5-6-9-11(10)14(17)19-12(9)13(15)16/h5-7H,2-4,8H2,1H3. The van der Waals surface area contributed by atoms with E-state index in [0.29, 0.717) is 27.1 Å². The first kappa shape index (κ1) is 14.6. The Hall–Kier alpha value is -0.810. The Bertz CT molecular complexity index is 519. The van der Waals surface area contributed by atoms with Gasteiger partial charge in [0.05, 0.1) is 6.61 Å². The lowest BCUT2D eigenvalue weighted by Crippen LogP contribution is -2.03. The maximum atomic E-state index is 11.9. The molecule has 0 amide bonds. The van der Waals surface area contributed by atoms with Crippen molar-refractivity contribution in [3.63, 3.8) is 0 Å². The Morgan fingerprint density at radius 3 is 2.79 bits per heavy atom. The summed E-state index contributed by atoms with van der Waals surface area (Å²) in [5, 5.41) is 0. The van der Waals surface area contributed by atoms with Gasteiger partial charge in [0.25, 0.3) is 0 Å². The van der Waals surface area contributed by atoms with Crippen LogP contribution in [0.25, 0.3) is 5.76 Å². The van der Waals surface area contributed by atoms with E-state index in [4.69, 9.17) is 9.47 Å². The second-order valence-corrected chi connectivity index (χ2v) is 6.86. The topological polar surface area (TPSA) is 35.5 Å². The van der Waals surface area contributed by atoms with Crippen molar-refractivity contribution in [1.29, 1.82) is 0 Å². The maximum Gasteiger partial charge on any atom is 0.348 e. The molecule has 102 valence electrons. The molecule has 0 aromatic heterocycles. The number of esters is 1. The van der Waals surface area contributed by atoms with Crippen LogP contribution in [-0.2, 0) is 4.74 Å². The number of cyclic esters (lactones) is 1. The first-order chi connectivity index (χ1) is 9.15. The molecule has 1 aromatic rings. The molecule has 0 N–H and O–H groups in total. The van der Waals surface area contributed by atoms with E-state index in [1.54, 1.807) is 6.07 Å². The number of benzene rings is 1. The van der Waals surface area contributed by atoms with Crippen molar-refractivity contribution in [3.8, 4) is 5.75 Å². The van der Waals surface area contributed by atoms with Crippen molar-refractivity contribution in [2.45, 2.75) is 26.2 Å². The Morgan fingerprint density at radius 1 is 1.32 bits per heavy atom. The predicted molar refractivity (Wildman–Crippen MR) is 81.7 cm³/mol. The largest absolute Gasteiger partial charge is 0.493 e. The van der Waals surface area contributed by atoms with Crippen LogP contribution in [0.4, 0.5) is 0 Å². The summed E-state index contributed by atoms with van der Waals surface area (Å²) in [5.74, 6) is 0.723. The van der Waals surface area contributed by atoms with E-state index in [2.05, 4.69) is 38.8 Å². The molecule has 0 aliphatic carbocycles. The normalized spacial score (nSPS) is 13.2. The molecule has 0 atom stereocenters. The van der Waals surface area contributed by atoms with Gasteiger partial charge in [0, 0.05) is 5.56 Å². The predicted octanol–water partition coefficient (Wildman–Crippen LogP) is 4.84. The highest BCUT2D eigenvalue weighted by atomic mass is 79.9. The van der Waals surface area contributed by atoms with Crippen molar-refractivity contribution in [3.05, 3.63) is 32.7 Å². The summed E-state index contributed by atoms with van der Waals surface area (Å²) in [5.41, 5.74) is 1.26. The molecule has 1 aliphatic rings. The molecule has 1 heterocycles. The molecule has 1 aromatic carbocycles. The smallest absolute Gasteiger partial charge is 0.348 e. The first-order valence-electron chi connectivity index (χ1n) is 6.18. The number of hydrogen-bond acceptors (Lipinski definition) is 3. The van der Waals surface area contributed by atoms with Gasteiger partial charge in [-0.1, -0.05) is 31.9 Å². The summed E-state index contributed by atoms with van der Waals surface area (Å²) in [4.78, 5) is 11.9. The van der Waals surface area contributed by atoms with E-state index in [-0.39, 0.29) is 5.97 Å². The molecule has 1 aliphatic heterocycles. The number of unbranched alkanes of at least 4 members (excludes halogenated alkanes) is 2. The van der Waals surface area contributed by atoms with Crippen LogP contribution in [0.3, 0.4) is 0 Å². The fraction of sp³-hybridized carbons (Fsp3) is 0.357. The summed E-state index contributed by atoms with van der Waals surface area (Å²) in [6.07, 6.45) is 3.25. The fourth-order valence-electron chi connectivity index (χ4n) is 1.92. The molecule has 0 saturated carbocycles. The van der Waals surface area contributed by atoms with Crippen LogP contribution in [0, 0.1) is 0 Å². The van der Waals surface area contributed by atoms with Gasteiger partial charge in [-0.15, -0.1) is 0 Å². The first-order valence-corrected chi connectivity index (χ1v) is 7.77. The van der Waals surface area contributed by atoms with E-state index < -0.39 is 0 Å². The second-order valence-electron chi connectivity index (χ2n) is 4.21. The zero-order valence-corrected chi connectivity index (χ0v) is 13.7. The average Bonchev–Trinajstić information content (AvgIpc) is 2.73. The maximum absolute atomic E-state index is 11.9. The van der Waals surface area contributed by atoms with Crippen molar-refractivity contribution in [2.75, 3.05) is 6.61 Å². The van der Waals surface area contributed by atoms with Gasteiger partial charge in [0.2, 0.25) is 0 Å². The van der Waals surface area contributed by atoms with Crippen LogP contribution in [-0.4, -0.2) is 12.6 Å². The van der Waals surface area contributed by atoms with Crippen LogP contribution < -0.4 is 4.74 Å². The van der Waals surface area contributed by atoms with Crippen LogP contribution >= 0.6 is 31.9 Å². The Balaban J connectivity index is 2.24. The second kappa shape index (κ2) is 6.57. The van der Waals surface area contributed by atoms with Crippen LogP contribution in [0.2, 0.25) is 0 Å². The van der Waals surface area contributed by atoms with E-state index in [9.17, 15) is 4.79 Å². The quantitative estimate of drug-likeness (QED) is 0.533. The van der Waals surface area contributed by atoms with Gasteiger partial charge in [0.15, 0.2) is 5.76 Å². The molecular formula is C14H14Br2O3. The lowest BCUT2D eigenvalue weighted by Gasteiger charge is -2.08. The van der Waals surface area contributed by atoms with Gasteiger partial charge < -0.3 is 9.47 Å². The number of ether oxygens (including phenoxy) is 2. The van der Waals surface area contributed by atoms with Gasteiger partial charge in [-0.2, -0.15) is 0 Å². The molecule has 0 unspecified atom stereocenters. The molecule has 0 bridgehead atoms. The van der Waals surface area contributed by atoms with Crippen molar-refractivity contribution >= 4 is 43.6 Å². The Labute approximate surface area is 129 Å². The summed E-state index contributed by atoms with van der Waals surface area (Å²) in [6.45, 7) is 2.76. The van der Waals surface area contributed by atoms with E-state index in [1.807, 2.05) is 12.1 Å². The van der Waals surface area contributed by atoms with Gasteiger partial charge in [-0.05, 0) is 44.3 Å². The third kappa shape index (κ3) is 3.20. The molecule has 0 fully saturated rings. The van der Waals surface area contributed by atoms with Gasteiger partial charge in [-0.25, -0.2) is 4.79 Å². The Morgan fingerprint density at radius 2 is 2.11 bits per heavy atom. The third-order valence-corrected chi connectivity index (χ3v) is 3.57. The SMILES string of the molecule is CCCCCOc1cccc2c1C(=O)OC2=C(Br)Br. The molecule has 5 heteroatoms. The van der Waals surface area contributed by atoms with E-state index in [1.165, 1.54) is 0 Å². The summed E-state index contributed by atoms with van der Waals surface area (Å²) < 4.78 is 11.5. The summed E-state index contributed by atoms with van der Waals surface area (Å²) in [6, 6.07) is 5.51. The lowest BCUT2D eigenvalue weighted by molar-refractivity contribution is 0.0712. The molecule has 2 rings (SSSR count). The highest BCUT2D eigenvalue weighted by Crippen LogP contribution is 2.40. The van der Waals surface area contributed by atoms with Gasteiger partial charge in [0.1, 0.15) is 14.7 Å². The minimum atomic E-state index is -0.368. The molecule has 3 nitrogen and oxygen atoms in total. The highest BCUT2D eigenvalue weighted by Gasteiger charge is 2.31. The van der Waals surface area contributed by atoms with E-state index in [0.717, 1.165) is 24.8 Å². The van der Waals surface area contributed by atoms with E-state index >= 15 is 0 Å². The average molecular weight is 390 g/mol. The number of carbonyl (C=O) groups excluding carboxylic acids is 1. The Kier molecular flexibility index (Phi) is 5.05. The molecule has 0 radical (unpaired) electrons. The van der Waals surface area contributed by atoms with Gasteiger partial charge >= 0.3 is 5.97 Å². The number of fused-ring (bicyclic) bond motifs is 1. The zero-order chi connectivity index (χ0) is 13.8. The summed E-state index contributed by atoms with van der Waals surface area (Å²) in [7, 11) is 0. The van der Waals surface area contributed by atoms with Crippen LogP contribution in [0.1, 0.15) is 42.1 Å². The van der Waals surface area contributed by atoms with Crippen molar-refractivity contribution in [2.24, 2.45) is 0 Å². The minimum absolute atomic E-state index is 0.368. The third-order valence-electron chi connectivity index (χ3n) is 2.85. The zero-order valence-electron chi connectivity index (χ0n) is 10.5. The lowest BCUT2D eigenvalue weighted by atomic mass is 10.1. The minimum Gasteiger partial charge on any atom is -0.493 e. The van der Waals surface area contributed by atoms with Crippen LogP contribution in [0.5, 0.6) is 5.75 Å². The number of hydrogen-bond donors (Lipinski definition) is 0. The highest BCUT2D eigenvalue weighted by molar-refractivity contribution is 9.28. The fourth-order valence-corrected chi connectivity index (χ4v) is 2.51. The number of halogens is 2. The summed E-state index contributed by atoms with van der Waals surface area (Å²) >= 11 is 6.55.